The van der Waals surface area contributed by atoms with Crippen LogP contribution in [-0.4, -0.2) is 16.5 Å². The van der Waals surface area contributed by atoms with Crippen LogP contribution in [0.15, 0.2) is 48.3 Å². The normalized spacial score (nSPS) is 18.7. The van der Waals surface area contributed by atoms with Gasteiger partial charge in [-0.05, 0) is 43.0 Å². The molecule has 0 saturated heterocycles. The Bertz CT molecular complexity index is 696. The molecule has 2 aromatic heterocycles. The summed E-state index contributed by atoms with van der Waals surface area (Å²) < 4.78 is 0. The van der Waals surface area contributed by atoms with Crippen molar-refractivity contribution in [3.8, 4) is 0 Å². The van der Waals surface area contributed by atoms with Crippen molar-refractivity contribution in [1.29, 1.82) is 0 Å². The Balaban J connectivity index is 1.86. The topological polar surface area (TPSA) is 37.8 Å². The minimum atomic E-state index is 0.714. The third kappa shape index (κ3) is 1.91. The standard InChI is InChI=1S/C16H15N3/c1-3-12(16(18-10-1)11-5-6-11)13-7-8-14-15(19-13)4-2-9-17-14/h1-4,7-9,11,18H,5-6,10H2. The van der Waals surface area contributed by atoms with Gasteiger partial charge in [0, 0.05) is 24.0 Å². The third-order valence-electron chi connectivity index (χ3n) is 3.70. The molecule has 94 valence electrons. The van der Waals surface area contributed by atoms with E-state index in [1.54, 1.807) is 6.20 Å². The summed E-state index contributed by atoms with van der Waals surface area (Å²) in [6, 6.07) is 8.08. The zero-order chi connectivity index (χ0) is 12.7. The van der Waals surface area contributed by atoms with E-state index in [0.717, 1.165) is 23.3 Å². The van der Waals surface area contributed by atoms with E-state index in [-0.39, 0.29) is 0 Å². The van der Waals surface area contributed by atoms with Crippen molar-refractivity contribution in [2.24, 2.45) is 5.92 Å². The predicted molar refractivity (Wildman–Crippen MR) is 76.3 cm³/mol. The van der Waals surface area contributed by atoms with E-state index >= 15 is 0 Å². The average molecular weight is 249 g/mol. The lowest BCUT2D eigenvalue weighted by molar-refractivity contribution is 0.797. The monoisotopic (exact) mass is 249 g/mol. The van der Waals surface area contributed by atoms with Gasteiger partial charge in [-0.2, -0.15) is 0 Å². The van der Waals surface area contributed by atoms with Gasteiger partial charge in [-0.25, -0.2) is 4.98 Å². The highest BCUT2D eigenvalue weighted by atomic mass is 14.9. The molecule has 0 amide bonds. The number of allylic oxidation sites excluding steroid dienone is 3. The van der Waals surface area contributed by atoms with Crippen molar-refractivity contribution in [3.05, 3.63) is 54.0 Å². The van der Waals surface area contributed by atoms with Gasteiger partial charge >= 0.3 is 0 Å². The fourth-order valence-electron chi connectivity index (χ4n) is 2.60. The van der Waals surface area contributed by atoms with Gasteiger partial charge in [0.1, 0.15) is 0 Å². The smallest absolute Gasteiger partial charge is 0.0894 e. The van der Waals surface area contributed by atoms with Crippen LogP contribution in [0.25, 0.3) is 16.6 Å². The Morgan fingerprint density at radius 1 is 1.11 bits per heavy atom. The molecule has 1 aliphatic carbocycles. The summed E-state index contributed by atoms with van der Waals surface area (Å²) in [6.45, 7) is 0.935. The van der Waals surface area contributed by atoms with Crippen molar-refractivity contribution < 1.29 is 0 Å². The van der Waals surface area contributed by atoms with E-state index in [9.17, 15) is 0 Å². The molecule has 3 heteroatoms. The van der Waals surface area contributed by atoms with Crippen LogP contribution >= 0.6 is 0 Å². The van der Waals surface area contributed by atoms with Gasteiger partial charge in [0.05, 0.1) is 16.7 Å². The van der Waals surface area contributed by atoms with E-state index in [1.165, 1.54) is 24.1 Å². The Morgan fingerprint density at radius 3 is 2.95 bits per heavy atom. The molecule has 3 heterocycles. The Kier molecular flexibility index (Phi) is 2.37. The molecule has 19 heavy (non-hydrogen) atoms. The largest absolute Gasteiger partial charge is 0.384 e. The number of nitrogens with zero attached hydrogens (tertiary/aromatic N) is 2. The second kappa shape index (κ2) is 4.19. The Hall–Kier alpha value is -2.16. The fourth-order valence-corrected chi connectivity index (χ4v) is 2.60. The molecule has 0 aromatic carbocycles. The fraction of sp³-hybridized carbons (Fsp3) is 0.250. The summed E-state index contributed by atoms with van der Waals surface area (Å²) in [5.41, 5.74) is 5.58. The lowest BCUT2D eigenvalue weighted by Gasteiger charge is -2.17. The van der Waals surface area contributed by atoms with Crippen molar-refractivity contribution in [3.63, 3.8) is 0 Å². The summed E-state index contributed by atoms with van der Waals surface area (Å²) in [7, 11) is 0. The number of hydrogen-bond acceptors (Lipinski definition) is 3. The molecule has 0 spiro atoms. The lowest BCUT2D eigenvalue weighted by Crippen LogP contribution is -2.19. The van der Waals surface area contributed by atoms with Gasteiger partial charge in [0.2, 0.25) is 0 Å². The first-order chi connectivity index (χ1) is 9.42. The van der Waals surface area contributed by atoms with Crippen LogP contribution < -0.4 is 5.32 Å². The molecule has 2 aromatic rings. The molecule has 3 nitrogen and oxygen atoms in total. The Morgan fingerprint density at radius 2 is 2.05 bits per heavy atom. The van der Waals surface area contributed by atoms with Crippen molar-refractivity contribution in [2.75, 3.05) is 6.54 Å². The maximum atomic E-state index is 4.75. The van der Waals surface area contributed by atoms with Crippen LogP contribution in [0.3, 0.4) is 0 Å². The molecule has 4 rings (SSSR count). The van der Waals surface area contributed by atoms with Crippen molar-refractivity contribution in [2.45, 2.75) is 12.8 Å². The van der Waals surface area contributed by atoms with Crippen LogP contribution in [0.5, 0.6) is 0 Å². The molecular formula is C16H15N3. The second-order valence-corrected chi connectivity index (χ2v) is 5.12. The summed E-state index contributed by atoms with van der Waals surface area (Å²) in [6.07, 6.45) is 8.77. The van der Waals surface area contributed by atoms with Gasteiger partial charge in [-0.15, -0.1) is 0 Å². The van der Waals surface area contributed by atoms with E-state index in [1.807, 2.05) is 12.1 Å². The minimum Gasteiger partial charge on any atom is -0.384 e. The zero-order valence-electron chi connectivity index (χ0n) is 10.6. The number of aromatic nitrogens is 2. The molecule has 0 atom stereocenters. The van der Waals surface area contributed by atoms with Crippen molar-refractivity contribution >= 4 is 16.6 Å². The molecule has 0 radical (unpaired) electrons. The first-order valence-corrected chi connectivity index (χ1v) is 6.78. The molecule has 1 N–H and O–H groups in total. The van der Waals surface area contributed by atoms with Crippen LogP contribution in [0.2, 0.25) is 0 Å². The van der Waals surface area contributed by atoms with Gasteiger partial charge in [-0.3, -0.25) is 4.98 Å². The SMILES string of the molecule is C1=CC(c2ccc3ncccc3n2)=C(C2CC2)NC1. The van der Waals surface area contributed by atoms with Crippen LogP contribution in [0.1, 0.15) is 18.5 Å². The number of fused-ring (bicyclic) bond motifs is 1. The molecule has 1 saturated carbocycles. The summed E-state index contributed by atoms with van der Waals surface area (Å²) in [4.78, 5) is 9.07. The lowest BCUT2D eigenvalue weighted by atomic mass is 10.0. The molecule has 0 unspecified atom stereocenters. The van der Waals surface area contributed by atoms with E-state index in [2.05, 4.69) is 34.6 Å². The minimum absolute atomic E-state index is 0.714. The first-order valence-electron chi connectivity index (χ1n) is 6.78. The summed E-state index contributed by atoms with van der Waals surface area (Å²) in [5.74, 6) is 0.714. The van der Waals surface area contributed by atoms with Gasteiger partial charge < -0.3 is 5.32 Å². The van der Waals surface area contributed by atoms with Crippen LogP contribution in [-0.2, 0) is 0 Å². The average Bonchev–Trinajstić information content (AvgIpc) is 3.31. The predicted octanol–water partition coefficient (Wildman–Crippen LogP) is 2.91. The second-order valence-electron chi connectivity index (χ2n) is 5.12. The number of hydrogen-bond donors (Lipinski definition) is 1. The quantitative estimate of drug-likeness (QED) is 0.889. The molecule has 2 aliphatic rings. The van der Waals surface area contributed by atoms with E-state index < -0.39 is 0 Å². The number of pyridine rings is 2. The molecule has 1 aliphatic heterocycles. The zero-order valence-corrected chi connectivity index (χ0v) is 10.6. The van der Waals surface area contributed by atoms with E-state index in [4.69, 9.17) is 4.98 Å². The highest BCUT2D eigenvalue weighted by Gasteiger charge is 2.29. The maximum absolute atomic E-state index is 4.75. The highest BCUT2D eigenvalue weighted by Crippen LogP contribution is 2.39. The number of rotatable bonds is 2. The molecular weight excluding hydrogens is 234 g/mol. The number of dihydropyridines is 1. The highest BCUT2D eigenvalue weighted by molar-refractivity contribution is 5.81. The first kappa shape index (κ1) is 10.7. The third-order valence-corrected chi connectivity index (χ3v) is 3.70. The summed E-state index contributed by atoms with van der Waals surface area (Å²) >= 11 is 0. The van der Waals surface area contributed by atoms with Crippen molar-refractivity contribution in [1.82, 2.24) is 15.3 Å². The summed E-state index contributed by atoms with van der Waals surface area (Å²) in [5, 5.41) is 3.51. The molecule has 0 bridgehead atoms. The van der Waals surface area contributed by atoms with Crippen LogP contribution in [0.4, 0.5) is 0 Å². The number of nitrogens with one attached hydrogen (secondary N) is 1. The maximum Gasteiger partial charge on any atom is 0.0894 e. The van der Waals surface area contributed by atoms with E-state index in [0.29, 0.717) is 5.92 Å². The van der Waals surface area contributed by atoms with Crippen LogP contribution in [0, 0.1) is 5.92 Å². The molecule has 1 fully saturated rings. The van der Waals surface area contributed by atoms with Gasteiger partial charge in [-0.1, -0.05) is 12.2 Å². The van der Waals surface area contributed by atoms with Gasteiger partial charge in [0.25, 0.3) is 0 Å². The van der Waals surface area contributed by atoms with Gasteiger partial charge in [0.15, 0.2) is 0 Å². The Labute approximate surface area is 112 Å².